The molecule has 0 radical (unpaired) electrons. The molecule has 0 amide bonds. The minimum atomic E-state index is -0.673. The first kappa shape index (κ1) is 16.7. The molecule has 0 aromatic heterocycles. The van der Waals surface area contributed by atoms with E-state index >= 15 is 0 Å². The highest BCUT2D eigenvalue weighted by Gasteiger charge is 2.43. The fourth-order valence-electron chi connectivity index (χ4n) is 2.30. The maximum Gasteiger partial charge on any atom is 0.307 e. The van der Waals surface area contributed by atoms with E-state index in [4.69, 9.17) is 10.8 Å². The van der Waals surface area contributed by atoms with Crippen molar-refractivity contribution in [2.24, 2.45) is 11.7 Å². The number of rotatable bonds is 3. The number of carbonyl (C=O) groups is 1. The van der Waals surface area contributed by atoms with Crippen molar-refractivity contribution in [3.8, 4) is 0 Å². The van der Waals surface area contributed by atoms with Gasteiger partial charge in [-0.3, -0.25) is 4.79 Å². The molecule has 3 nitrogen and oxygen atoms in total. The first-order chi connectivity index (χ1) is 10.5. The zero-order valence-electron chi connectivity index (χ0n) is 12.4. The molecule has 1 aliphatic rings. The monoisotopic (exact) mass is 361 g/mol. The second-order valence-electron chi connectivity index (χ2n) is 5.54. The molecular formula is C18H20BrNO2. The van der Waals surface area contributed by atoms with Gasteiger partial charge in [0.05, 0.1) is 5.92 Å². The van der Waals surface area contributed by atoms with E-state index in [1.54, 1.807) is 0 Å². The molecule has 22 heavy (non-hydrogen) atoms. The first-order valence-corrected chi connectivity index (χ1v) is 8.07. The largest absolute Gasteiger partial charge is 0.481 e. The number of carboxylic acids is 1. The second kappa shape index (κ2) is 7.56. The van der Waals surface area contributed by atoms with Gasteiger partial charge in [-0.1, -0.05) is 58.4 Å². The van der Waals surface area contributed by atoms with Gasteiger partial charge in [-0.25, -0.2) is 0 Å². The van der Waals surface area contributed by atoms with Gasteiger partial charge in [-0.2, -0.15) is 0 Å². The Bertz CT molecular complexity index is 611. The number of benzene rings is 2. The van der Waals surface area contributed by atoms with Crippen LogP contribution in [0.4, 0.5) is 0 Å². The van der Waals surface area contributed by atoms with Crippen molar-refractivity contribution < 1.29 is 9.90 Å². The molecule has 2 unspecified atom stereocenters. The molecule has 3 atom stereocenters. The van der Waals surface area contributed by atoms with Gasteiger partial charge < -0.3 is 10.8 Å². The van der Waals surface area contributed by atoms with Crippen LogP contribution in [0.2, 0.25) is 0 Å². The van der Waals surface area contributed by atoms with Crippen molar-refractivity contribution in [1.82, 2.24) is 0 Å². The topological polar surface area (TPSA) is 63.3 Å². The summed E-state index contributed by atoms with van der Waals surface area (Å²) in [5, 5.41) is 8.73. The van der Waals surface area contributed by atoms with Gasteiger partial charge in [0.25, 0.3) is 0 Å². The lowest BCUT2D eigenvalue weighted by Crippen LogP contribution is -2.03. The summed E-state index contributed by atoms with van der Waals surface area (Å²) in [5.41, 5.74) is 7.94. The quantitative estimate of drug-likeness (QED) is 0.854. The Hall–Kier alpha value is -1.65. The highest BCUT2D eigenvalue weighted by molar-refractivity contribution is 9.10. The van der Waals surface area contributed by atoms with Crippen LogP contribution in [-0.2, 0) is 4.79 Å². The Morgan fingerprint density at radius 3 is 2.18 bits per heavy atom. The zero-order chi connectivity index (χ0) is 16.1. The average Bonchev–Trinajstić information content (AvgIpc) is 3.30. The Balaban J connectivity index is 0.000000172. The van der Waals surface area contributed by atoms with Crippen LogP contribution in [0.5, 0.6) is 0 Å². The molecule has 2 aromatic rings. The summed E-state index contributed by atoms with van der Waals surface area (Å²) in [6, 6.07) is 18.1. The SMILES string of the molecule is C[C@@H](N)c1ccccc1.O=C(O)C1CC1c1ccc(Br)cc1. The lowest BCUT2D eigenvalue weighted by molar-refractivity contribution is -0.138. The molecule has 3 N–H and O–H groups in total. The van der Waals surface area contributed by atoms with Gasteiger partial charge in [0.15, 0.2) is 0 Å². The molecule has 0 aliphatic heterocycles. The summed E-state index contributed by atoms with van der Waals surface area (Å²) in [4.78, 5) is 10.6. The van der Waals surface area contributed by atoms with E-state index in [9.17, 15) is 4.79 Å². The molecule has 4 heteroatoms. The van der Waals surface area contributed by atoms with Crippen molar-refractivity contribution in [3.63, 3.8) is 0 Å². The highest BCUT2D eigenvalue weighted by Crippen LogP contribution is 2.47. The van der Waals surface area contributed by atoms with Gasteiger partial charge in [0.1, 0.15) is 0 Å². The third-order valence-corrected chi connectivity index (χ3v) is 4.26. The van der Waals surface area contributed by atoms with Gasteiger partial charge in [-0.15, -0.1) is 0 Å². The Labute approximate surface area is 139 Å². The van der Waals surface area contributed by atoms with Crippen LogP contribution < -0.4 is 5.73 Å². The number of nitrogens with two attached hydrogens (primary N) is 1. The maximum absolute atomic E-state index is 10.6. The molecule has 0 saturated heterocycles. The van der Waals surface area contributed by atoms with Crippen molar-refractivity contribution >= 4 is 21.9 Å². The fourth-order valence-corrected chi connectivity index (χ4v) is 2.57. The van der Waals surface area contributed by atoms with Crippen LogP contribution in [0.25, 0.3) is 0 Å². The van der Waals surface area contributed by atoms with E-state index in [0.29, 0.717) is 0 Å². The predicted octanol–water partition coefficient (Wildman–Crippen LogP) is 4.34. The van der Waals surface area contributed by atoms with Crippen LogP contribution in [0.3, 0.4) is 0 Å². The standard InChI is InChI=1S/C10H9BrO2.C8H11N/c11-7-3-1-6(2-4-7)8-5-9(8)10(12)13;1-7(9)8-5-3-2-4-6-8/h1-4,8-9H,5H2,(H,12,13);2-7H,9H2,1H3/t;7-/m.1/s1. The minimum absolute atomic E-state index is 0.152. The first-order valence-electron chi connectivity index (χ1n) is 7.28. The van der Waals surface area contributed by atoms with Gasteiger partial charge in [-0.05, 0) is 42.5 Å². The molecule has 1 fully saturated rings. The highest BCUT2D eigenvalue weighted by atomic mass is 79.9. The van der Waals surface area contributed by atoms with Crippen LogP contribution in [-0.4, -0.2) is 11.1 Å². The summed E-state index contributed by atoms with van der Waals surface area (Å²) in [6.07, 6.45) is 0.789. The van der Waals surface area contributed by atoms with Crippen LogP contribution in [0.15, 0.2) is 59.1 Å². The number of halogens is 1. The van der Waals surface area contributed by atoms with Crippen LogP contribution in [0.1, 0.15) is 36.4 Å². The summed E-state index contributed by atoms with van der Waals surface area (Å²) < 4.78 is 1.03. The third-order valence-electron chi connectivity index (χ3n) is 3.73. The smallest absolute Gasteiger partial charge is 0.307 e. The van der Waals surface area contributed by atoms with Crippen molar-refractivity contribution in [2.75, 3.05) is 0 Å². The van der Waals surface area contributed by atoms with Gasteiger partial charge in [0, 0.05) is 10.5 Å². The molecule has 0 bridgehead atoms. The molecule has 1 aliphatic carbocycles. The molecule has 116 valence electrons. The van der Waals surface area contributed by atoms with Gasteiger partial charge in [0.2, 0.25) is 0 Å². The fraction of sp³-hybridized carbons (Fsp3) is 0.278. The van der Waals surface area contributed by atoms with E-state index < -0.39 is 5.97 Å². The van der Waals surface area contributed by atoms with Crippen LogP contribution >= 0.6 is 15.9 Å². The molecule has 0 heterocycles. The Kier molecular flexibility index (Phi) is 5.75. The summed E-state index contributed by atoms with van der Waals surface area (Å²) in [6.45, 7) is 1.98. The molecule has 0 spiro atoms. The van der Waals surface area contributed by atoms with E-state index in [2.05, 4.69) is 15.9 Å². The van der Waals surface area contributed by atoms with E-state index in [1.807, 2.05) is 61.5 Å². The van der Waals surface area contributed by atoms with Crippen molar-refractivity contribution in [2.45, 2.75) is 25.3 Å². The van der Waals surface area contributed by atoms with E-state index in [0.717, 1.165) is 16.5 Å². The lowest BCUT2D eigenvalue weighted by Gasteiger charge is -2.02. The summed E-state index contributed by atoms with van der Waals surface area (Å²) in [7, 11) is 0. The minimum Gasteiger partial charge on any atom is -0.481 e. The maximum atomic E-state index is 10.6. The number of aliphatic carboxylic acids is 1. The van der Waals surface area contributed by atoms with Crippen LogP contribution in [0, 0.1) is 5.92 Å². The lowest BCUT2D eigenvalue weighted by atomic mass is 10.1. The van der Waals surface area contributed by atoms with Gasteiger partial charge >= 0.3 is 5.97 Å². The predicted molar refractivity (Wildman–Crippen MR) is 91.7 cm³/mol. The molecular weight excluding hydrogens is 342 g/mol. The number of carboxylic acid groups (broad SMARTS) is 1. The molecule has 2 aromatic carbocycles. The summed E-state index contributed by atoms with van der Waals surface area (Å²) in [5.74, 6) is -0.584. The average molecular weight is 362 g/mol. The molecule has 3 rings (SSSR count). The van der Waals surface area contributed by atoms with E-state index in [-0.39, 0.29) is 17.9 Å². The number of hydrogen-bond donors (Lipinski definition) is 2. The molecule has 1 saturated carbocycles. The Morgan fingerprint density at radius 1 is 1.18 bits per heavy atom. The summed E-state index contributed by atoms with van der Waals surface area (Å²) >= 11 is 3.34. The Morgan fingerprint density at radius 2 is 1.77 bits per heavy atom. The van der Waals surface area contributed by atoms with Crippen molar-refractivity contribution in [3.05, 3.63) is 70.2 Å². The van der Waals surface area contributed by atoms with E-state index in [1.165, 1.54) is 5.56 Å². The second-order valence-corrected chi connectivity index (χ2v) is 6.45. The normalized spacial score (nSPS) is 20.5. The number of hydrogen-bond acceptors (Lipinski definition) is 2. The zero-order valence-corrected chi connectivity index (χ0v) is 14.0. The third kappa shape index (κ3) is 4.68. The van der Waals surface area contributed by atoms with Crippen molar-refractivity contribution in [1.29, 1.82) is 0 Å².